The summed E-state index contributed by atoms with van der Waals surface area (Å²) in [6.07, 6.45) is 0. The number of carbonyl (C=O) groups is 1. The molecular weight excluding hydrogens is 310 g/mol. The van der Waals surface area contributed by atoms with Gasteiger partial charge in [0.15, 0.2) is 9.84 Å². The lowest BCUT2D eigenvalue weighted by Crippen LogP contribution is -2.43. The van der Waals surface area contributed by atoms with Crippen molar-refractivity contribution in [3.05, 3.63) is 29.8 Å². The second-order valence-corrected chi connectivity index (χ2v) is 7.66. The number of rotatable bonds is 4. The molecular formula is C13H17N3O3S2. The summed E-state index contributed by atoms with van der Waals surface area (Å²) in [5, 5.41) is 2.76. The molecule has 0 aliphatic carbocycles. The van der Waals surface area contributed by atoms with E-state index >= 15 is 0 Å². The molecule has 1 fully saturated rings. The van der Waals surface area contributed by atoms with Crippen LogP contribution in [-0.2, 0) is 14.6 Å². The number of carbonyl (C=O) groups excluding carboxylic acids is 1. The van der Waals surface area contributed by atoms with Crippen LogP contribution in [0.15, 0.2) is 24.3 Å². The average molecular weight is 327 g/mol. The molecule has 1 aromatic carbocycles. The largest absolute Gasteiger partial charge is 0.389 e. The number of sulfone groups is 1. The monoisotopic (exact) mass is 327 g/mol. The van der Waals surface area contributed by atoms with E-state index in [4.69, 9.17) is 18.0 Å². The van der Waals surface area contributed by atoms with Crippen LogP contribution in [0.3, 0.4) is 0 Å². The highest BCUT2D eigenvalue weighted by Gasteiger charge is 2.22. The molecule has 0 atom stereocenters. The van der Waals surface area contributed by atoms with Crippen LogP contribution in [0.25, 0.3) is 0 Å². The predicted molar refractivity (Wildman–Crippen MR) is 86.1 cm³/mol. The van der Waals surface area contributed by atoms with E-state index in [-0.39, 0.29) is 24.0 Å². The van der Waals surface area contributed by atoms with Gasteiger partial charge < -0.3 is 11.1 Å². The summed E-state index contributed by atoms with van der Waals surface area (Å²) in [6, 6.07) is 6.94. The van der Waals surface area contributed by atoms with Crippen LogP contribution in [0.2, 0.25) is 0 Å². The average Bonchev–Trinajstić information content (AvgIpc) is 2.42. The molecule has 21 heavy (non-hydrogen) atoms. The molecule has 0 aromatic heterocycles. The van der Waals surface area contributed by atoms with Gasteiger partial charge in [0.2, 0.25) is 5.91 Å². The van der Waals surface area contributed by atoms with Gasteiger partial charge in [0.25, 0.3) is 0 Å². The van der Waals surface area contributed by atoms with Crippen molar-refractivity contribution < 1.29 is 13.2 Å². The van der Waals surface area contributed by atoms with Gasteiger partial charge in [-0.15, -0.1) is 0 Å². The number of nitrogens with zero attached hydrogens (tertiary/aromatic N) is 1. The summed E-state index contributed by atoms with van der Waals surface area (Å²) < 4.78 is 22.6. The molecule has 1 heterocycles. The quantitative estimate of drug-likeness (QED) is 0.756. The Balaban J connectivity index is 1.86. The van der Waals surface area contributed by atoms with Crippen molar-refractivity contribution in [3.8, 4) is 0 Å². The van der Waals surface area contributed by atoms with E-state index in [0.29, 0.717) is 23.8 Å². The first kappa shape index (κ1) is 15.9. The van der Waals surface area contributed by atoms with Crippen molar-refractivity contribution in [2.75, 3.05) is 36.5 Å². The number of nitrogens with two attached hydrogens (primary N) is 1. The van der Waals surface area contributed by atoms with Crippen LogP contribution < -0.4 is 11.1 Å². The van der Waals surface area contributed by atoms with Gasteiger partial charge in [-0.3, -0.25) is 9.69 Å². The van der Waals surface area contributed by atoms with E-state index in [1.807, 2.05) is 4.90 Å². The van der Waals surface area contributed by atoms with E-state index in [2.05, 4.69) is 5.32 Å². The van der Waals surface area contributed by atoms with E-state index in [1.54, 1.807) is 24.3 Å². The number of hydrogen-bond acceptors (Lipinski definition) is 5. The van der Waals surface area contributed by atoms with Crippen LogP contribution in [0.5, 0.6) is 0 Å². The van der Waals surface area contributed by atoms with E-state index < -0.39 is 9.84 Å². The van der Waals surface area contributed by atoms with Crippen molar-refractivity contribution in [3.63, 3.8) is 0 Å². The van der Waals surface area contributed by atoms with E-state index in [9.17, 15) is 13.2 Å². The molecule has 1 saturated heterocycles. The smallest absolute Gasteiger partial charge is 0.238 e. The molecule has 0 saturated carbocycles. The zero-order valence-electron chi connectivity index (χ0n) is 11.4. The fraction of sp³-hybridized carbons (Fsp3) is 0.385. The van der Waals surface area contributed by atoms with E-state index in [1.165, 1.54) is 0 Å². The normalized spacial score (nSPS) is 18.1. The van der Waals surface area contributed by atoms with Crippen LogP contribution in [0.4, 0.5) is 5.69 Å². The third-order valence-electron chi connectivity index (χ3n) is 3.26. The second-order valence-electron chi connectivity index (χ2n) is 4.92. The lowest BCUT2D eigenvalue weighted by atomic mass is 10.2. The Hall–Kier alpha value is -1.51. The molecule has 1 amide bonds. The molecule has 1 aliphatic heterocycles. The van der Waals surface area contributed by atoms with Gasteiger partial charge in [-0.1, -0.05) is 12.2 Å². The fourth-order valence-electron chi connectivity index (χ4n) is 2.03. The third-order valence-corrected chi connectivity index (χ3v) is 5.10. The maximum absolute atomic E-state index is 11.9. The van der Waals surface area contributed by atoms with Gasteiger partial charge >= 0.3 is 0 Å². The highest BCUT2D eigenvalue weighted by atomic mass is 32.2. The van der Waals surface area contributed by atoms with Crippen molar-refractivity contribution in [2.24, 2.45) is 5.73 Å². The molecule has 6 nitrogen and oxygen atoms in total. The summed E-state index contributed by atoms with van der Waals surface area (Å²) in [5.74, 6) is 0.0589. The third kappa shape index (κ3) is 4.76. The zero-order valence-corrected chi connectivity index (χ0v) is 13.0. The summed E-state index contributed by atoms with van der Waals surface area (Å²) in [4.78, 5) is 14.0. The Morgan fingerprint density at radius 3 is 2.33 bits per heavy atom. The molecule has 0 spiro atoms. The SMILES string of the molecule is NC(=S)c1ccc(NC(=O)CN2CCS(=O)(=O)CC2)cc1. The van der Waals surface area contributed by atoms with Crippen LogP contribution in [-0.4, -0.2) is 55.4 Å². The van der Waals surface area contributed by atoms with Crippen molar-refractivity contribution >= 4 is 38.6 Å². The Kier molecular flexibility index (Phi) is 4.92. The van der Waals surface area contributed by atoms with Crippen molar-refractivity contribution in [1.82, 2.24) is 4.90 Å². The Morgan fingerprint density at radius 2 is 1.81 bits per heavy atom. The maximum Gasteiger partial charge on any atom is 0.238 e. The fourth-order valence-corrected chi connectivity index (χ4v) is 3.44. The van der Waals surface area contributed by atoms with Gasteiger partial charge in [-0.25, -0.2) is 8.42 Å². The minimum atomic E-state index is -2.92. The number of benzene rings is 1. The minimum absolute atomic E-state index is 0.114. The number of amides is 1. The van der Waals surface area contributed by atoms with Gasteiger partial charge in [-0.05, 0) is 24.3 Å². The van der Waals surface area contributed by atoms with Crippen molar-refractivity contribution in [2.45, 2.75) is 0 Å². The topological polar surface area (TPSA) is 92.5 Å². The Labute approximate surface area is 129 Å². The summed E-state index contributed by atoms with van der Waals surface area (Å²) in [7, 11) is -2.92. The van der Waals surface area contributed by atoms with Crippen LogP contribution in [0.1, 0.15) is 5.56 Å². The highest BCUT2D eigenvalue weighted by molar-refractivity contribution is 7.91. The first-order valence-electron chi connectivity index (χ1n) is 6.48. The highest BCUT2D eigenvalue weighted by Crippen LogP contribution is 2.10. The first-order valence-corrected chi connectivity index (χ1v) is 8.71. The standard InChI is InChI=1S/C13H17N3O3S2/c14-13(20)10-1-3-11(4-2-10)15-12(17)9-16-5-7-21(18,19)8-6-16/h1-4H,5-9H2,(H2,14,20)(H,15,17). The lowest BCUT2D eigenvalue weighted by Gasteiger charge is -2.25. The number of thiocarbonyl (C=S) groups is 1. The summed E-state index contributed by atoms with van der Waals surface area (Å²) in [5.41, 5.74) is 6.90. The summed E-state index contributed by atoms with van der Waals surface area (Å²) >= 11 is 4.85. The number of hydrogen-bond donors (Lipinski definition) is 2. The molecule has 2 rings (SSSR count). The molecule has 114 valence electrons. The zero-order chi connectivity index (χ0) is 15.5. The first-order chi connectivity index (χ1) is 9.85. The van der Waals surface area contributed by atoms with Gasteiger partial charge in [0, 0.05) is 24.3 Å². The Bertz CT molecular complexity index is 627. The second kappa shape index (κ2) is 6.50. The number of nitrogens with one attached hydrogen (secondary N) is 1. The van der Waals surface area contributed by atoms with Crippen molar-refractivity contribution in [1.29, 1.82) is 0 Å². The predicted octanol–water partition coefficient (Wildman–Crippen LogP) is -0.0103. The lowest BCUT2D eigenvalue weighted by molar-refractivity contribution is -0.117. The van der Waals surface area contributed by atoms with Gasteiger partial charge in [0.05, 0.1) is 18.1 Å². The molecule has 1 aromatic rings. The van der Waals surface area contributed by atoms with E-state index in [0.717, 1.165) is 5.56 Å². The molecule has 0 unspecified atom stereocenters. The maximum atomic E-state index is 11.9. The number of anilines is 1. The molecule has 1 aliphatic rings. The molecule has 8 heteroatoms. The summed E-state index contributed by atoms with van der Waals surface area (Å²) in [6.45, 7) is 0.985. The molecule has 0 bridgehead atoms. The molecule has 3 N–H and O–H groups in total. The van der Waals surface area contributed by atoms with Gasteiger partial charge in [-0.2, -0.15) is 0 Å². The van der Waals surface area contributed by atoms with Crippen LogP contribution in [0, 0.1) is 0 Å². The molecule has 0 radical (unpaired) electrons. The minimum Gasteiger partial charge on any atom is -0.389 e. The van der Waals surface area contributed by atoms with Crippen LogP contribution >= 0.6 is 12.2 Å². The Morgan fingerprint density at radius 1 is 1.24 bits per heavy atom. The van der Waals surface area contributed by atoms with Gasteiger partial charge in [0.1, 0.15) is 4.99 Å².